The Balaban J connectivity index is 2.21. The summed E-state index contributed by atoms with van der Waals surface area (Å²) in [5.41, 5.74) is 0.872. The smallest absolute Gasteiger partial charge is 0.163 e. The number of imidazole rings is 1. The number of hydrogen-bond acceptors (Lipinski definition) is 3. The molecule has 14 heavy (non-hydrogen) atoms. The lowest BCUT2D eigenvalue weighted by Gasteiger charge is -2.10. The molecule has 0 saturated carbocycles. The molecule has 0 aromatic heterocycles. The van der Waals surface area contributed by atoms with Gasteiger partial charge in [0.15, 0.2) is 5.82 Å². The molecule has 74 valence electrons. The first-order chi connectivity index (χ1) is 6.77. The molecule has 0 saturated heterocycles. The summed E-state index contributed by atoms with van der Waals surface area (Å²) in [7, 11) is 0. The lowest BCUT2D eigenvalue weighted by Crippen LogP contribution is -2.06. The Morgan fingerprint density at radius 3 is 3.00 bits per heavy atom. The molecule has 0 amide bonds. The number of nitrogens with zero attached hydrogens (tertiary/aromatic N) is 4. The number of fused-ring (bicyclic) bond motifs is 1. The van der Waals surface area contributed by atoms with Crippen molar-refractivity contribution in [1.82, 2.24) is 19.5 Å². The van der Waals surface area contributed by atoms with E-state index in [0.717, 1.165) is 24.5 Å². The molecular formula is C10H14N4. The predicted octanol–water partition coefficient (Wildman–Crippen LogP) is 1.82. The van der Waals surface area contributed by atoms with Gasteiger partial charge in [-0.1, -0.05) is 13.8 Å². The fraction of sp³-hybridized carbons (Fsp3) is 0.500. The van der Waals surface area contributed by atoms with Crippen LogP contribution in [0.2, 0.25) is 0 Å². The molecular weight excluding hydrogens is 176 g/mol. The summed E-state index contributed by atoms with van der Waals surface area (Å²) in [6.45, 7) is 5.39. The quantitative estimate of drug-likeness (QED) is 0.741. The van der Waals surface area contributed by atoms with Gasteiger partial charge in [-0.2, -0.15) is 0 Å². The molecule has 0 bridgehead atoms. The fourth-order valence-corrected chi connectivity index (χ4v) is 1.38. The molecule has 0 N–H and O–H groups in total. The maximum absolute atomic E-state index is 4.21. The Hall–Kier alpha value is -1.45. The van der Waals surface area contributed by atoms with E-state index in [-0.39, 0.29) is 0 Å². The summed E-state index contributed by atoms with van der Waals surface area (Å²) < 4.78 is 2.06. The van der Waals surface area contributed by atoms with Gasteiger partial charge >= 0.3 is 0 Å². The van der Waals surface area contributed by atoms with E-state index in [4.69, 9.17) is 0 Å². The highest BCUT2D eigenvalue weighted by atomic mass is 15.1. The second kappa shape index (κ2) is 3.74. The third-order valence-corrected chi connectivity index (χ3v) is 2.23. The monoisotopic (exact) mass is 190 g/mol. The van der Waals surface area contributed by atoms with Crippen molar-refractivity contribution in [3.63, 3.8) is 0 Å². The lowest BCUT2D eigenvalue weighted by atomic mass is 10.1. The average molecular weight is 190 g/mol. The minimum absolute atomic E-state index is 0.695. The number of hydrogen-bond donors (Lipinski definition) is 0. The minimum Gasteiger partial charge on any atom is -0.315 e. The van der Waals surface area contributed by atoms with Crippen LogP contribution in [-0.4, -0.2) is 19.5 Å². The van der Waals surface area contributed by atoms with E-state index < -0.39 is 0 Å². The summed E-state index contributed by atoms with van der Waals surface area (Å²) in [5.74, 6) is 1.63. The molecule has 2 heterocycles. The topological polar surface area (TPSA) is 43.6 Å². The average Bonchev–Trinajstić information content (AvgIpc) is 2.62. The molecule has 0 atom stereocenters. The normalized spacial score (nSPS) is 11.4. The first-order valence-electron chi connectivity index (χ1n) is 4.88. The number of aryl methyl sites for hydroxylation is 1. The Morgan fingerprint density at radius 1 is 1.36 bits per heavy atom. The summed E-state index contributed by atoms with van der Waals surface area (Å²) in [6.07, 6.45) is 6.28. The molecule has 2 aliphatic heterocycles. The van der Waals surface area contributed by atoms with E-state index >= 15 is 0 Å². The maximum Gasteiger partial charge on any atom is 0.163 e. The van der Waals surface area contributed by atoms with Crippen LogP contribution in [0.4, 0.5) is 0 Å². The molecule has 0 fully saturated rings. The summed E-state index contributed by atoms with van der Waals surface area (Å²) in [5, 5.41) is 0. The van der Waals surface area contributed by atoms with Crippen LogP contribution in [0.3, 0.4) is 0 Å². The molecule has 4 nitrogen and oxygen atoms in total. The Labute approximate surface area is 83.4 Å². The van der Waals surface area contributed by atoms with Crippen molar-refractivity contribution in [3.8, 4) is 11.5 Å². The molecule has 2 rings (SSSR count). The van der Waals surface area contributed by atoms with E-state index in [1.807, 2.05) is 6.33 Å². The second-order valence-corrected chi connectivity index (χ2v) is 3.85. The highest BCUT2D eigenvalue weighted by Gasteiger charge is 2.09. The molecule has 0 aliphatic carbocycles. The number of rotatable bonds is 3. The molecule has 0 aromatic carbocycles. The second-order valence-electron chi connectivity index (χ2n) is 3.85. The van der Waals surface area contributed by atoms with Gasteiger partial charge in [0, 0.05) is 6.54 Å². The van der Waals surface area contributed by atoms with Gasteiger partial charge in [0.2, 0.25) is 0 Å². The van der Waals surface area contributed by atoms with Crippen molar-refractivity contribution in [2.24, 2.45) is 5.92 Å². The van der Waals surface area contributed by atoms with E-state index in [2.05, 4.69) is 33.4 Å². The standard InChI is InChI=1S/C10H14N4/c1-8(2)3-4-14-7-11-5-9-10(14)13-6-12-9/h5-8H,3-4H2,1-2H3. The van der Waals surface area contributed by atoms with Gasteiger partial charge in [-0.3, -0.25) is 0 Å². The van der Waals surface area contributed by atoms with E-state index in [1.165, 1.54) is 0 Å². The Kier molecular flexibility index (Phi) is 2.43. The highest BCUT2D eigenvalue weighted by Crippen LogP contribution is 2.15. The zero-order valence-corrected chi connectivity index (χ0v) is 8.51. The third kappa shape index (κ3) is 1.73. The molecule has 0 spiro atoms. The summed E-state index contributed by atoms with van der Waals surface area (Å²) in [4.78, 5) is 12.4. The third-order valence-electron chi connectivity index (χ3n) is 2.23. The van der Waals surface area contributed by atoms with Crippen molar-refractivity contribution < 1.29 is 0 Å². The minimum atomic E-state index is 0.695. The van der Waals surface area contributed by atoms with Crippen LogP contribution in [0, 0.1) is 5.92 Å². The van der Waals surface area contributed by atoms with Gasteiger partial charge in [0.25, 0.3) is 0 Å². The molecule has 2 aliphatic rings. The van der Waals surface area contributed by atoms with E-state index in [9.17, 15) is 0 Å². The van der Waals surface area contributed by atoms with Gasteiger partial charge in [-0.25, -0.2) is 15.0 Å². The van der Waals surface area contributed by atoms with Crippen LogP contribution in [-0.2, 0) is 6.54 Å². The van der Waals surface area contributed by atoms with Crippen molar-refractivity contribution in [2.75, 3.05) is 0 Å². The van der Waals surface area contributed by atoms with Crippen LogP contribution in [0.1, 0.15) is 20.3 Å². The zero-order chi connectivity index (χ0) is 9.97. The van der Waals surface area contributed by atoms with Gasteiger partial charge in [0.05, 0.1) is 12.5 Å². The maximum atomic E-state index is 4.21. The van der Waals surface area contributed by atoms with Crippen LogP contribution in [0.5, 0.6) is 0 Å². The summed E-state index contributed by atoms with van der Waals surface area (Å²) >= 11 is 0. The van der Waals surface area contributed by atoms with Crippen LogP contribution < -0.4 is 0 Å². The van der Waals surface area contributed by atoms with Gasteiger partial charge in [-0.05, 0) is 12.3 Å². The molecule has 4 heteroatoms. The first-order valence-corrected chi connectivity index (χ1v) is 4.88. The van der Waals surface area contributed by atoms with Gasteiger partial charge in [-0.15, -0.1) is 0 Å². The first kappa shape index (κ1) is 9.12. The zero-order valence-electron chi connectivity index (χ0n) is 8.51. The van der Waals surface area contributed by atoms with Crippen molar-refractivity contribution in [3.05, 3.63) is 18.9 Å². The van der Waals surface area contributed by atoms with Crippen molar-refractivity contribution in [2.45, 2.75) is 26.8 Å². The Morgan fingerprint density at radius 2 is 2.21 bits per heavy atom. The van der Waals surface area contributed by atoms with Crippen molar-refractivity contribution >= 4 is 0 Å². The van der Waals surface area contributed by atoms with Crippen LogP contribution in [0.25, 0.3) is 11.5 Å². The van der Waals surface area contributed by atoms with Crippen LogP contribution >= 0.6 is 0 Å². The Bertz CT molecular complexity index is 380. The fourth-order valence-electron chi connectivity index (χ4n) is 1.38. The van der Waals surface area contributed by atoms with E-state index in [1.54, 1.807) is 12.5 Å². The largest absolute Gasteiger partial charge is 0.315 e. The predicted molar refractivity (Wildman–Crippen MR) is 53.9 cm³/mol. The lowest BCUT2D eigenvalue weighted by molar-refractivity contribution is 0.511. The molecule has 0 aromatic rings. The van der Waals surface area contributed by atoms with Gasteiger partial charge in [0.1, 0.15) is 12.0 Å². The van der Waals surface area contributed by atoms with Crippen molar-refractivity contribution in [1.29, 1.82) is 0 Å². The summed E-state index contributed by atoms with van der Waals surface area (Å²) in [6, 6.07) is 0. The van der Waals surface area contributed by atoms with Crippen LogP contribution in [0.15, 0.2) is 18.9 Å². The molecule has 0 radical (unpaired) electrons. The molecule has 0 unspecified atom stereocenters. The SMILES string of the molecule is CC(C)CCn1cncc2ncnc1-2. The van der Waals surface area contributed by atoms with Gasteiger partial charge < -0.3 is 4.57 Å². The highest BCUT2D eigenvalue weighted by molar-refractivity contribution is 5.48. The number of aromatic nitrogens is 4. The van der Waals surface area contributed by atoms with E-state index in [0.29, 0.717) is 5.92 Å².